The lowest BCUT2D eigenvalue weighted by atomic mass is 10.0. The number of ether oxygens (including phenoxy) is 1. The molecule has 7 N–H and O–H groups in total. The highest BCUT2D eigenvalue weighted by atomic mass is 16.5. The van der Waals surface area contributed by atoms with E-state index in [0.717, 1.165) is 0 Å². The van der Waals surface area contributed by atoms with Gasteiger partial charge in [0.1, 0.15) is 23.9 Å². The van der Waals surface area contributed by atoms with Crippen LogP contribution in [0.3, 0.4) is 0 Å². The Balaban J connectivity index is 1.75. The van der Waals surface area contributed by atoms with Crippen LogP contribution in [0.25, 0.3) is 0 Å². The molecule has 0 bridgehead atoms. The SMILES string of the molecule is Cc1cc(C(=O)NCCCC[C@@H]2NC(=O)[C@@H](C(C)C)NC(=O)[C@H](CC(N)=O)NC(=O)c3ccccc3OCCCNC2=O)on1. The number of primary amides is 1. The van der Waals surface area contributed by atoms with Crippen LogP contribution < -0.4 is 37.1 Å². The molecule has 0 radical (unpaired) electrons. The van der Waals surface area contributed by atoms with Crippen molar-refractivity contribution >= 4 is 35.4 Å². The number of nitrogens with two attached hydrogens (primary N) is 1. The van der Waals surface area contributed by atoms with Gasteiger partial charge in [-0.2, -0.15) is 0 Å². The molecule has 0 saturated carbocycles. The number of carbonyl (C=O) groups is 6. The minimum Gasteiger partial charge on any atom is -0.493 e. The molecule has 0 unspecified atom stereocenters. The zero-order valence-electron chi connectivity index (χ0n) is 25.6. The van der Waals surface area contributed by atoms with E-state index >= 15 is 0 Å². The van der Waals surface area contributed by atoms with Crippen LogP contribution in [-0.2, 0) is 19.2 Å². The molecule has 15 nitrogen and oxygen atoms in total. The molecule has 1 aromatic carbocycles. The summed E-state index contributed by atoms with van der Waals surface area (Å²) < 4.78 is 10.7. The molecule has 1 aliphatic heterocycles. The molecule has 3 atom stereocenters. The summed E-state index contributed by atoms with van der Waals surface area (Å²) in [6.07, 6.45) is 1.11. The van der Waals surface area contributed by atoms with Crippen LogP contribution in [0.2, 0.25) is 0 Å². The Kier molecular flexibility index (Phi) is 12.9. The minimum absolute atomic E-state index is 0.0965. The van der Waals surface area contributed by atoms with Crippen molar-refractivity contribution in [2.75, 3.05) is 19.7 Å². The smallest absolute Gasteiger partial charge is 0.289 e. The molecule has 2 aromatic rings. The highest BCUT2D eigenvalue weighted by molar-refractivity contribution is 6.01. The summed E-state index contributed by atoms with van der Waals surface area (Å²) in [4.78, 5) is 77.0. The van der Waals surface area contributed by atoms with Gasteiger partial charge in [-0.3, -0.25) is 28.8 Å². The minimum atomic E-state index is -1.37. The molecule has 45 heavy (non-hydrogen) atoms. The largest absolute Gasteiger partial charge is 0.493 e. The molecule has 2 heterocycles. The highest BCUT2D eigenvalue weighted by Crippen LogP contribution is 2.19. The predicted molar refractivity (Wildman–Crippen MR) is 161 cm³/mol. The van der Waals surface area contributed by atoms with Gasteiger partial charge in [-0.1, -0.05) is 31.1 Å². The number of fused-ring (bicyclic) bond motifs is 1. The number of unbranched alkanes of at least 4 members (excludes halogenated alkanes) is 1. The normalized spacial score (nSPS) is 20.0. The molecule has 1 aliphatic rings. The van der Waals surface area contributed by atoms with Gasteiger partial charge in [-0.15, -0.1) is 0 Å². The van der Waals surface area contributed by atoms with Gasteiger partial charge in [0, 0.05) is 19.2 Å². The van der Waals surface area contributed by atoms with Gasteiger partial charge in [-0.05, 0) is 50.7 Å². The van der Waals surface area contributed by atoms with Crippen molar-refractivity contribution in [3.8, 4) is 5.75 Å². The molecule has 6 amide bonds. The third-order valence-electron chi connectivity index (χ3n) is 6.97. The Labute approximate surface area is 260 Å². The van der Waals surface area contributed by atoms with E-state index in [2.05, 4.69) is 31.7 Å². The van der Waals surface area contributed by atoms with E-state index in [-0.39, 0.29) is 36.6 Å². The van der Waals surface area contributed by atoms with Crippen LogP contribution in [0, 0.1) is 12.8 Å². The Bertz CT molecular complexity index is 1380. The summed E-state index contributed by atoms with van der Waals surface area (Å²) >= 11 is 0. The second-order valence-electron chi connectivity index (χ2n) is 11.1. The molecule has 0 fully saturated rings. The zero-order chi connectivity index (χ0) is 32.9. The first-order valence-corrected chi connectivity index (χ1v) is 14.9. The first-order valence-electron chi connectivity index (χ1n) is 14.9. The van der Waals surface area contributed by atoms with Gasteiger partial charge in [-0.25, -0.2) is 0 Å². The first-order chi connectivity index (χ1) is 21.5. The molecule has 1 aromatic heterocycles. The third kappa shape index (κ3) is 10.6. The van der Waals surface area contributed by atoms with E-state index in [1.165, 1.54) is 12.1 Å². The van der Waals surface area contributed by atoms with E-state index in [1.54, 1.807) is 39.0 Å². The number of carbonyl (C=O) groups excluding carboxylic acids is 6. The Morgan fingerprint density at radius 1 is 1.02 bits per heavy atom. The van der Waals surface area contributed by atoms with Gasteiger partial charge in [0.05, 0.1) is 24.3 Å². The van der Waals surface area contributed by atoms with Crippen molar-refractivity contribution < 1.29 is 38.0 Å². The van der Waals surface area contributed by atoms with Gasteiger partial charge in [0.15, 0.2) is 0 Å². The summed E-state index contributed by atoms with van der Waals surface area (Å²) in [5.41, 5.74) is 6.08. The second-order valence-corrected chi connectivity index (χ2v) is 11.1. The fraction of sp³-hybridized carbons (Fsp3) is 0.500. The molecular formula is C30H41N7O8. The lowest BCUT2D eigenvalue weighted by molar-refractivity contribution is -0.134. The number of benzene rings is 1. The lowest BCUT2D eigenvalue weighted by Crippen LogP contribution is -2.58. The van der Waals surface area contributed by atoms with Crippen LogP contribution in [-0.4, -0.2) is 78.4 Å². The Morgan fingerprint density at radius 3 is 2.47 bits per heavy atom. The number of nitrogens with zero attached hydrogens (tertiary/aromatic N) is 1. The van der Waals surface area contributed by atoms with E-state index in [0.29, 0.717) is 31.5 Å². The number of hydrogen-bond donors (Lipinski definition) is 6. The maximum Gasteiger partial charge on any atom is 0.289 e. The molecule has 0 spiro atoms. The third-order valence-corrected chi connectivity index (χ3v) is 6.97. The summed E-state index contributed by atoms with van der Waals surface area (Å²) in [5, 5.41) is 17.1. The van der Waals surface area contributed by atoms with Crippen LogP contribution in [0.4, 0.5) is 0 Å². The van der Waals surface area contributed by atoms with Gasteiger partial charge < -0.3 is 41.6 Å². The van der Waals surface area contributed by atoms with Gasteiger partial charge in [0.2, 0.25) is 29.4 Å². The second kappa shape index (κ2) is 16.8. The van der Waals surface area contributed by atoms with Crippen molar-refractivity contribution in [2.45, 2.75) is 71.0 Å². The monoisotopic (exact) mass is 627 g/mol. The number of rotatable bonds is 9. The number of nitrogens with one attached hydrogen (secondary N) is 5. The number of para-hydroxylation sites is 1. The Hall–Kier alpha value is -4.95. The number of amides is 6. The van der Waals surface area contributed by atoms with Crippen molar-refractivity contribution in [3.63, 3.8) is 0 Å². The van der Waals surface area contributed by atoms with Crippen LogP contribution in [0.5, 0.6) is 5.75 Å². The van der Waals surface area contributed by atoms with Crippen molar-refractivity contribution in [1.82, 2.24) is 31.7 Å². The number of aryl methyl sites for hydroxylation is 1. The average molecular weight is 628 g/mol. The van der Waals surface area contributed by atoms with Crippen molar-refractivity contribution in [3.05, 3.63) is 47.3 Å². The molecule has 15 heteroatoms. The zero-order valence-corrected chi connectivity index (χ0v) is 25.6. The summed E-state index contributed by atoms with van der Waals surface area (Å²) in [6, 6.07) is 4.51. The summed E-state index contributed by atoms with van der Waals surface area (Å²) in [6.45, 7) is 5.81. The standard InChI is InChI=1S/C30H41N7O8/c1-17(2)25-30(43)34-20(10-6-7-12-33-29(42)23-15-18(3)37-45-23)27(40)32-13-8-14-44-22-11-5-4-9-19(22)26(39)35-21(16-24(31)38)28(41)36-25/h4-5,9,11,15,17,20-21,25H,6-8,10,12-14,16H2,1-3H3,(H2,31,38)(H,32,40)(H,33,42)(H,34,43)(H,35,39)(H,36,41)/t20-,21-,25+/m0/s1. The van der Waals surface area contributed by atoms with E-state index in [4.69, 9.17) is 15.0 Å². The predicted octanol–water partition coefficient (Wildman–Crippen LogP) is 0.0814. The van der Waals surface area contributed by atoms with Crippen LogP contribution >= 0.6 is 0 Å². The highest BCUT2D eigenvalue weighted by Gasteiger charge is 2.32. The quantitative estimate of drug-likeness (QED) is 0.207. The lowest BCUT2D eigenvalue weighted by Gasteiger charge is -2.27. The maximum atomic E-state index is 13.4. The summed E-state index contributed by atoms with van der Waals surface area (Å²) in [5.74, 6) is -3.81. The number of aromatic nitrogens is 1. The Morgan fingerprint density at radius 2 is 1.78 bits per heavy atom. The molecule has 244 valence electrons. The van der Waals surface area contributed by atoms with Crippen molar-refractivity contribution in [2.24, 2.45) is 11.7 Å². The van der Waals surface area contributed by atoms with Crippen LogP contribution in [0.1, 0.15) is 72.6 Å². The van der Waals surface area contributed by atoms with Crippen molar-refractivity contribution in [1.29, 1.82) is 0 Å². The molecule has 0 aliphatic carbocycles. The average Bonchev–Trinajstić information content (AvgIpc) is 3.43. The molecule has 0 saturated heterocycles. The van der Waals surface area contributed by atoms with Gasteiger partial charge in [0.25, 0.3) is 11.8 Å². The van der Waals surface area contributed by atoms with E-state index < -0.39 is 65.9 Å². The fourth-order valence-electron chi connectivity index (χ4n) is 4.57. The summed E-state index contributed by atoms with van der Waals surface area (Å²) in [7, 11) is 0. The van der Waals surface area contributed by atoms with E-state index in [1.807, 2.05) is 0 Å². The molecule has 3 rings (SSSR count). The van der Waals surface area contributed by atoms with E-state index in [9.17, 15) is 28.8 Å². The first kappa shape index (κ1) is 34.5. The van der Waals surface area contributed by atoms with Crippen LogP contribution in [0.15, 0.2) is 34.9 Å². The number of hydrogen-bond acceptors (Lipinski definition) is 9. The fourth-order valence-corrected chi connectivity index (χ4v) is 4.57. The topological polar surface area (TPSA) is 224 Å². The maximum absolute atomic E-state index is 13.4. The molecular weight excluding hydrogens is 586 g/mol. The van der Waals surface area contributed by atoms with Gasteiger partial charge >= 0.3 is 0 Å².